The minimum atomic E-state index is 0.311. The van der Waals surface area contributed by atoms with Gasteiger partial charge < -0.3 is 15.1 Å². The van der Waals surface area contributed by atoms with Gasteiger partial charge in [0, 0.05) is 37.7 Å². The van der Waals surface area contributed by atoms with E-state index in [-0.39, 0.29) is 0 Å². The zero-order chi connectivity index (χ0) is 18.2. The Morgan fingerprint density at radius 3 is 2.60 bits per heavy atom. The molecule has 1 heterocycles. The second kappa shape index (κ2) is 9.42. The number of aryl methyl sites for hydroxylation is 1. The molecule has 136 valence electrons. The molecule has 0 saturated heterocycles. The van der Waals surface area contributed by atoms with Gasteiger partial charge in [-0.3, -0.25) is 4.99 Å². The van der Waals surface area contributed by atoms with Crippen molar-refractivity contribution in [1.82, 2.24) is 15.2 Å². The number of para-hydroxylation sites is 1. The Morgan fingerprint density at radius 2 is 2.00 bits per heavy atom. The van der Waals surface area contributed by atoms with E-state index in [2.05, 4.69) is 77.7 Å². The highest BCUT2D eigenvalue weighted by Crippen LogP contribution is 2.14. The number of benzene rings is 1. The fourth-order valence-corrected chi connectivity index (χ4v) is 3.13. The molecule has 1 aromatic carbocycles. The molecule has 1 atom stereocenters. The fraction of sp³-hybridized carbons (Fsp3) is 0.474. The maximum atomic E-state index is 4.83. The molecule has 0 saturated carbocycles. The average molecular weight is 360 g/mol. The van der Waals surface area contributed by atoms with Gasteiger partial charge in [0.05, 0.1) is 23.8 Å². The van der Waals surface area contributed by atoms with Gasteiger partial charge in [-0.25, -0.2) is 4.98 Å². The summed E-state index contributed by atoms with van der Waals surface area (Å²) in [5, 5.41) is 6.59. The fourth-order valence-electron chi connectivity index (χ4n) is 2.53. The van der Waals surface area contributed by atoms with Crippen molar-refractivity contribution in [3.63, 3.8) is 0 Å². The lowest BCUT2D eigenvalue weighted by Crippen LogP contribution is -2.40. The van der Waals surface area contributed by atoms with Crippen LogP contribution in [0.2, 0.25) is 0 Å². The van der Waals surface area contributed by atoms with Crippen molar-refractivity contribution in [3.8, 4) is 0 Å². The lowest BCUT2D eigenvalue weighted by molar-refractivity contribution is 0.469. The Kier molecular flexibility index (Phi) is 7.25. The van der Waals surface area contributed by atoms with Crippen LogP contribution in [0, 0.1) is 6.92 Å². The predicted octanol–water partition coefficient (Wildman–Crippen LogP) is 3.37. The number of thiazole rings is 1. The summed E-state index contributed by atoms with van der Waals surface area (Å²) in [6, 6.07) is 10.7. The number of hydrogen-bond acceptors (Lipinski definition) is 4. The number of aliphatic imine (C=N–C) groups is 1. The van der Waals surface area contributed by atoms with Crippen molar-refractivity contribution < 1.29 is 0 Å². The number of hydrogen-bond donors (Lipinski definition) is 1. The zero-order valence-corrected chi connectivity index (χ0v) is 16.7. The van der Waals surface area contributed by atoms with Gasteiger partial charge in [0.25, 0.3) is 0 Å². The van der Waals surface area contributed by atoms with Crippen molar-refractivity contribution >= 4 is 23.0 Å². The Hall–Kier alpha value is -2.08. The zero-order valence-electron chi connectivity index (χ0n) is 15.9. The van der Waals surface area contributed by atoms with Crippen LogP contribution in [0.5, 0.6) is 0 Å². The number of anilines is 1. The molecule has 1 unspecified atom stereocenters. The average Bonchev–Trinajstić information content (AvgIpc) is 3.03. The molecule has 5 nitrogen and oxygen atoms in total. The van der Waals surface area contributed by atoms with Crippen molar-refractivity contribution in [2.24, 2.45) is 4.99 Å². The second-order valence-corrected chi connectivity index (χ2v) is 7.27. The molecule has 25 heavy (non-hydrogen) atoms. The van der Waals surface area contributed by atoms with Crippen LogP contribution in [-0.4, -0.2) is 49.1 Å². The first-order valence-corrected chi connectivity index (χ1v) is 9.57. The van der Waals surface area contributed by atoms with Crippen LogP contribution in [0.4, 0.5) is 5.69 Å². The van der Waals surface area contributed by atoms with Crippen LogP contribution in [0.15, 0.2) is 40.7 Å². The number of nitrogens with zero attached hydrogens (tertiary/aromatic N) is 4. The van der Waals surface area contributed by atoms with Crippen molar-refractivity contribution in [2.45, 2.75) is 33.4 Å². The van der Waals surface area contributed by atoms with Gasteiger partial charge in [-0.2, -0.15) is 0 Å². The number of nitrogens with one attached hydrogen (secondary N) is 1. The lowest BCUT2D eigenvalue weighted by Gasteiger charge is -2.27. The maximum absolute atomic E-state index is 4.83. The molecule has 2 rings (SSSR count). The quantitative estimate of drug-likeness (QED) is 0.608. The van der Waals surface area contributed by atoms with Gasteiger partial charge in [0.2, 0.25) is 0 Å². The number of rotatable bonds is 7. The highest BCUT2D eigenvalue weighted by Gasteiger charge is 2.12. The molecule has 0 radical (unpaired) electrons. The van der Waals surface area contributed by atoms with Crippen LogP contribution in [0.25, 0.3) is 0 Å². The summed E-state index contributed by atoms with van der Waals surface area (Å²) in [7, 11) is 4.17. The predicted molar refractivity (Wildman–Crippen MR) is 109 cm³/mol. The molecular formula is C19H29N5S. The topological polar surface area (TPSA) is 43.8 Å². The summed E-state index contributed by atoms with van der Waals surface area (Å²) in [5.74, 6) is 0.918. The molecule has 0 aliphatic heterocycles. The van der Waals surface area contributed by atoms with E-state index in [4.69, 9.17) is 4.99 Å². The maximum Gasteiger partial charge on any atom is 0.194 e. The molecule has 0 amide bonds. The largest absolute Gasteiger partial charge is 0.370 e. The van der Waals surface area contributed by atoms with Gasteiger partial charge in [-0.1, -0.05) is 18.2 Å². The summed E-state index contributed by atoms with van der Waals surface area (Å²) in [5.41, 5.74) is 2.30. The van der Waals surface area contributed by atoms with Crippen LogP contribution in [0.3, 0.4) is 0 Å². The highest BCUT2D eigenvalue weighted by molar-refractivity contribution is 7.09. The Morgan fingerprint density at radius 1 is 1.28 bits per heavy atom. The van der Waals surface area contributed by atoms with Crippen LogP contribution >= 0.6 is 11.3 Å². The van der Waals surface area contributed by atoms with Gasteiger partial charge in [0.1, 0.15) is 0 Å². The van der Waals surface area contributed by atoms with Crippen LogP contribution < -0.4 is 10.2 Å². The molecule has 1 N–H and O–H groups in total. The van der Waals surface area contributed by atoms with Gasteiger partial charge in [-0.05, 0) is 32.9 Å². The summed E-state index contributed by atoms with van der Waals surface area (Å²) >= 11 is 1.69. The second-order valence-electron chi connectivity index (χ2n) is 6.20. The SMILES string of the molecule is CCNC(=NCC(C)N(C)c1ccccc1)N(C)Cc1csc(C)n1. The van der Waals surface area contributed by atoms with Gasteiger partial charge in [0.15, 0.2) is 5.96 Å². The van der Waals surface area contributed by atoms with Crippen LogP contribution in [-0.2, 0) is 6.54 Å². The summed E-state index contributed by atoms with van der Waals surface area (Å²) in [6.07, 6.45) is 0. The summed E-state index contributed by atoms with van der Waals surface area (Å²) in [6.45, 7) is 8.67. The molecule has 0 bridgehead atoms. The smallest absolute Gasteiger partial charge is 0.194 e. The van der Waals surface area contributed by atoms with Crippen molar-refractivity contribution in [1.29, 1.82) is 0 Å². The third-order valence-corrected chi connectivity index (χ3v) is 4.91. The molecule has 0 aliphatic rings. The van der Waals surface area contributed by atoms with Crippen LogP contribution in [0.1, 0.15) is 24.5 Å². The Labute approximate surface area is 155 Å². The van der Waals surface area contributed by atoms with E-state index in [9.17, 15) is 0 Å². The molecule has 2 aromatic rings. The number of guanidine groups is 1. The van der Waals surface area contributed by atoms with Crippen molar-refractivity contribution in [3.05, 3.63) is 46.4 Å². The molecule has 1 aromatic heterocycles. The Bertz CT molecular complexity index is 667. The summed E-state index contributed by atoms with van der Waals surface area (Å²) < 4.78 is 0. The highest BCUT2D eigenvalue weighted by atomic mass is 32.1. The normalized spacial score (nSPS) is 12.8. The third kappa shape index (κ3) is 5.74. The minimum Gasteiger partial charge on any atom is -0.370 e. The minimum absolute atomic E-state index is 0.311. The molecule has 0 aliphatic carbocycles. The first-order valence-electron chi connectivity index (χ1n) is 8.69. The van der Waals surface area contributed by atoms with E-state index < -0.39 is 0 Å². The van der Waals surface area contributed by atoms with Gasteiger partial charge >= 0.3 is 0 Å². The van der Waals surface area contributed by atoms with Crippen molar-refractivity contribution in [2.75, 3.05) is 32.1 Å². The molecule has 6 heteroatoms. The van der Waals surface area contributed by atoms with E-state index >= 15 is 0 Å². The first kappa shape index (κ1) is 19.2. The van der Waals surface area contributed by atoms with E-state index in [1.165, 1.54) is 5.69 Å². The lowest BCUT2D eigenvalue weighted by atomic mass is 10.2. The number of aromatic nitrogens is 1. The van der Waals surface area contributed by atoms with E-state index in [0.29, 0.717) is 6.04 Å². The third-order valence-electron chi connectivity index (χ3n) is 4.09. The Balaban J connectivity index is 2.00. The van der Waals surface area contributed by atoms with E-state index in [0.717, 1.165) is 36.3 Å². The molecular weight excluding hydrogens is 330 g/mol. The standard InChI is InChI=1S/C19H29N5S/c1-6-20-19(23(4)13-17-14-25-16(3)22-17)21-12-15(2)24(5)18-10-8-7-9-11-18/h7-11,14-15H,6,12-13H2,1-5H3,(H,20,21). The monoisotopic (exact) mass is 359 g/mol. The van der Waals surface area contributed by atoms with Gasteiger partial charge in [-0.15, -0.1) is 11.3 Å². The molecule has 0 fully saturated rings. The molecule has 0 spiro atoms. The first-order chi connectivity index (χ1) is 12.0. The number of likely N-dealkylation sites (N-methyl/N-ethyl adjacent to an activating group) is 1. The summed E-state index contributed by atoms with van der Waals surface area (Å²) in [4.78, 5) is 13.8. The van der Waals surface area contributed by atoms with E-state index in [1.54, 1.807) is 11.3 Å². The van der Waals surface area contributed by atoms with E-state index in [1.807, 2.05) is 13.0 Å².